The van der Waals surface area contributed by atoms with Crippen LogP contribution in [0.4, 0.5) is 0 Å². The van der Waals surface area contributed by atoms with Crippen molar-refractivity contribution < 1.29 is 14.3 Å². The molecular formula is C14H23N3O3S. The molecule has 0 spiro atoms. The maximum Gasteiger partial charge on any atom is 0.307 e. The number of allylic oxidation sites excluding steroid dienone is 1. The van der Waals surface area contributed by atoms with Crippen molar-refractivity contribution in [2.45, 2.75) is 33.6 Å². The van der Waals surface area contributed by atoms with Gasteiger partial charge in [-0.2, -0.15) is 0 Å². The first-order chi connectivity index (χ1) is 9.95. The average Bonchev–Trinajstić information content (AvgIpc) is 2.87. The number of carbonyl (C=O) groups is 2. The smallest absolute Gasteiger partial charge is 0.307 e. The normalized spacial score (nSPS) is 13.9. The lowest BCUT2D eigenvalue weighted by Gasteiger charge is -2.29. The van der Waals surface area contributed by atoms with Crippen LogP contribution in [-0.4, -0.2) is 53.2 Å². The van der Waals surface area contributed by atoms with Gasteiger partial charge in [0.2, 0.25) is 0 Å². The molecule has 0 aromatic carbocycles. The highest BCUT2D eigenvalue weighted by molar-refractivity contribution is 7.80. The molecule has 0 radical (unpaired) electrons. The van der Waals surface area contributed by atoms with Gasteiger partial charge in [0.05, 0.1) is 13.0 Å². The first-order valence-corrected chi connectivity index (χ1v) is 7.53. The summed E-state index contributed by atoms with van der Waals surface area (Å²) in [5.41, 5.74) is 0.952. The molecule has 0 aromatic heterocycles. The van der Waals surface area contributed by atoms with Gasteiger partial charge in [-0.05, 0) is 39.4 Å². The van der Waals surface area contributed by atoms with Gasteiger partial charge in [0.15, 0.2) is 5.11 Å². The number of nitrogens with zero attached hydrogens (tertiary/aromatic N) is 2. The molecule has 0 atom stereocenters. The topological polar surface area (TPSA) is 61.9 Å². The Hall–Kier alpha value is -1.63. The second-order valence-corrected chi connectivity index (χ2v) is 5.33. The Labute approximate surface area is 131 Å². The molecule has 1 rings (SSSR count). The van der Waals surface area contributed by atoms with Crippen LogP contribution < -0.4 is 5.32 Å². The Morgan fingerprint density at radius 1 is 1.29 bits per heavy atom. The molecule has 1 heterocycles. The summed E-state index contributed by atoms with van der Waals surface area (Å²) in [7, 11) is 0. The number of amides is 1. The highest BCUT2D eigenvalue weighted by Crippen LogP contribution is 2.12. The van der Waals surface area contributed by atoms with E-state index in [-0.39, 0.29) is 18.3 Å². The van der Waals surface area contributed by atoms with E-state index in [4.69, 9.17) is 17.0 Å². The minimum atomic E-state index is -0.258. The third-order valence-corrected chi connectivity index (χ3v) is 3.20. The van der Waals surface area contributed by atoms with Gasteiger partial charge in [0, 0.05) is 25.7 Å². The second kappa shape index (κ2) is 8.61. The van der Waals surface area contributed by atoms with Crippen molar-refractivity contribution in [3.05, 3.63) is 11.6 Å². The molecule has 1 aliphatic rings. The number of rotatable bonds is 5. The number of carbonyl (C=O) groups excluding carboxylic acids is 2. The molecule has 1 aliphatic heterocycles. The summed E-state index contributed by atoms with van der Waals surface area (Å²) >= 11 is 5.29. The summed E-state index contributed by atoms with van der Waals surface area (Å²) in [5, 5.41) is 6.84. The fourth-order valence-electron chi connectivity index (χ4n) is 1.97. The van der Waals surface area contributed by atoms with E-state index in [1.165, 1.54) is 0 Å². The molecular weight excluding hydrogens is 290 g/mol. The maximum absolute atomic E-state index is 12.1. The van der Waals surface area contributed by atoms with Crippen LogP contribution in [0.1, 0.15) is 33.6 Å². The molecule has 0 unspecified atom stereocenters. The highest BCUT2D eigenvalue weighted by Gasteiger charge is 2.27. The van der Waals surface area contributed by atoms with Crippen LogP contribution >= 0.6 is 12.2 Å². The fourth-order valence-corrected chi connectivity index (χ4v) is 2.26. The lowest BCUT2D eigenvalue weighted by Crippen LogP contribution is -2.49. The van der Waals surface area contributed by atoms with Crippen LogP contribution in [-0.2, 0) is 14.3 Å². The number of thiocarbonyl (C=S) groups is 1. The van der Waals surface area contributed by atoms with Gasteiger partial charge in [-0.3, -0.25) is 14.6 Å². The lowest BCUT2D eigenvalue weighted by atomic mass is 10.3. The molecule has 1 amide bonds. The lowest BCUT2D eigenvalue weighted by molar-refractivity contribution is -0.143. The van der Waals surface area contributed by atoms with E-state index in [9.17, 15) is 9.59 Å². The number of hydrogen-bond donors (Lipinski definition) is 1. The highest BCUT2D eigenvalue weighted by atomic mass is 32.1. The van der Waals surface area contributed by atoms with E-state index < -0.39 is 0 Å². The summed E-state index contributed by atoms with van der Waals surface area (Å²) in [6.07, 6.45) is 2.73. The van der Waals surface area contributed by atoms with Crippen molar-refractivity contribution in [1.29, 1.82) is 0 Å². The van der Waals surface area contributed by atoms with Gasteiger partial charge in [0.1, 0.15) is 0 Å². The number of nitrogens with one attached hydrogen (secondary N) is 1. The summed E-state index contributed by atoms with van der Waals surface area (Å²) in [6.45, 7) is 7.67. The Bertz CT molecular complexity index is 433. The monoisotopic (exact) mass is 313 g/mol. The van der Waals surface area contributed by atoms with Crippen molar-refractivity contribution >= 4 is 29.2 Å². The number of hydrogen-bond acceptors (Lipinski definition) is 4. The minimum Gasteiger partial charge on any atom is -0.466 e. The number of esters is 1. The number of hydrazine groups is 1. The molecule has 1 saturated heterocycles. The zero-order valence-corrected chi connectivity index (χ0v) is 13.7. The van der Waals surface area contributed by atoms with E-state index in [1.807, 2.05) is 13.8 Å². The average molecular weight is 313 g/mol. The molecule has 7 heteroatoms. The first kappa shape index (κ1) is 17.4. The predicted octanol–water partition coefficient (Wildman–Crippen LogP) is 1.23. The minimum absolute atomic E-state index is 0.0676. The molecule has 0 aromatic rings. The van der Waals surface area contributed by atoms with E-state index in [2.05, 4.69) is 5.32 Å². The van der Waals surface area contributed by atoms with Crippen LogP contribution in [0.5, 0.6) is 0 Å². The fraction of sp³-hybridized carbons (Fsp3) is 0.643. The van der Waals surface area contributed by atoms with Crippen LogP contribution in [0.15, 0.2) is 11.6 Å². The summed E-state index contributed by atoms with van der Waals surface area (Å²) < 4.78 is 4.84. The van der Waals surface area contributed by atoms with Gasteiger partial charge in [-0.15, -0.1) is 0 Å². The van der Waals surface area contributed by atoms with Crippen LogP contribution in [0.2, 0.25) is 0 Å². The van der Waals surface area contributed by atoms with Gasteiger partial charge in [0.25, 0.3) is 5.91 Å². The maximum atomic E-state index is 12.1. The van der Waals surface area contributed by atoms with Crippen molar-refractivity contribution in [3.63, 3.8) is 0 Å². The molecule has 0 saturated carbocycles. The molecule has 1 fully saturated rings. The van der Waals surface area contributed by atoms with Crippen molar-refractivity contribution in [3.8, 4) is 0 Å². The van der Waals surface area contributed by atoms with E-state index in [0.29, 0.717) is 31.4 Å². The van der Waals surface area contributed by atoms with Gasteiger partial charge in [-0.25, -0.2) is 5.01 Å². The van der Waals surface area contributed by atoms with Gasteiger partial charge in [-0.1, -0.05) is 5.57 Å². The van der Waals surface area contributed by atoms with Crippen molar-refractivity contribution in [1.82, 2.24) is 15.3 Å². The van der Waals surface area contributed by atoms with Gasteiger partial charge >= 0.3 is 5.97 Å². The summed E-state index contributed by atoms with van der Waals surface area (Å²) in [4.78, 5) is 23.3. The van der Waals surface area contributed by atoms with Crippen LogP contribution in [0.3, 0.4) is 0 Å². The quantitative estimate of drug-likeness (QED) is 0.468. The Kier molecular flexibility index (Phi) is 7.14. The molecule has 0 bridgehead atoms. The molecule has 1 N–H and O–H groups in total. The Morgan fingerprint density at radius 2 is 1.95 bits per heavy atom. The van der Waals surface area contributed by atoms with Crippen molar-refractivity contribution in [2.75, 3.05) is 26.2 Å². The zero-order valence-electron chi connectivity index (χ0n) is 12.8. The van der Waals surface area contributed by atoms with Crippen molar-refractivity contribution in [2.24, 2.45) is 0 Å². The van der Waals surface area contributed by atoms with E-state index >= 15 is 0 Å². The second-order valence-electron chi connectivity index (χ2n) is 4.95. The van der Waals surface area contributed by atoms with Gasteiger partial charge < -0.3 is 10.1 Å². The third kappa shape index (κ3) is 5.71. The summed E-state index contributed by atoms with van der Waals surface area (Å²) in [5.74, 6) is -0.325. The first-order valence-electron chi connectivity index (χ1n) is 7.13. The molecule has 6 nitrogen and oxygen atoms in total. The zero-order chi connectivity index (χ0) is 15.8. The predicted molar refractivity (Wildman–Crippen MR) is 84.3 cm³/mol. The SMILES string of the molecule is CCOC(=O)CCNC(=S)N1CCCN1C(=O)C=C(C)C. The van der Waals surface area contributed by atoms with Crippen LogP contribution in [0, 0.1) is 0 Å². The van der Waals surface area contributed by atoms with E-state index in [1.54, 1.807) is 23.0 Å². The molecule has 118 valence electrons. The Balaban J connectivity index is 2.47. The number of ether oxygens (including phenoxy) is 1. The largest absolute Gasteiger partial charge is 0.466 e. The van der Waals surface area contributed by atoms with Crippen LogP contribution in [0.25, 0.3) is 0 Å². The van der Waals surface area contributed by atoms with E-state index in [0.717, 1.165) is 12.0 Å². The summed E-state index contributed by atoms with van der Waals surface area (Å²) in [6, 6.07) is 0. The third-order valence-electron chi connectivity index (χ3n) is 2.84. The Morgan fingerprint density at radius 3 is 2.57 bits per heavy atom. The standard InChI is InChI=1S/C14H23N3O3S/c1-4-20-13(19)6-7-15-14(21)17-9-5-8-16(17)12(18)10-11(2)3/h10H,4-9H2,1-3H3,(H,15,21). The molecule has 21 heavy (non-hydrogen) atoms. The molecule has 0 aliphatic carbocycles.